The van der Waals surface area contributed by atoms with E-state index >= 15 is 0 Å². The van der Waals surface area contributed by atoms with Crippen LogP contribution in [0.2, 0.25) is 0 Å². The van der Waals surface area contributed by atoms with Crippen molar-refractivity contribution in [1.82, 2.24) is 15.3 Å². The highest BCUT2D eigenvalue weighted by molar-refractivity contribution is 6.04. The SMILES string of the molecule is O=C(CN1N=C(c2ccccc2)CCC1=O)NCc1cccnc1. The number of pyridine rings is 1. The van der Waals surface area contributed by atoms with E-state index in [1.54, 1.807) is 12.4 Å². The molecule has 3 rings (SSSR count). The summed E-state index contributed by atoms with van der Waals surface area (Å²) in [4.78, 5) is 28.1. The molecule has 1 N–H and O–H groups in total. The first-order valence-electron chi connectivity index (χ1n) is 7.81. The molecule has 0 saturated carbocycles. The lowest BCUT2D eigenvalue weighted by Crippen LogP contribution is -2.40. The van der Waals surface area contributed by atoms with Gasteiger partial charge >= 0.3 is 0 Å². The molecule has 2 amide bonds. The second-order valence-corrected chi connectivity index (χ2v) is 5.50. The number of benzene rings is 1. The van der Waals surface area contributed by atoms with E-state index in [0.717, 1.165) is 16.8 Å². The summed E-state index contributed by atoms with van der Waals surface area (Å²) in [5, 5.41) is 8.39. The maximum atomic E-state index is 12.1. The minimum absolute atomic E-state index is 0.0740. The lowest BCUT2D eigenvalue weighted by atomic mass is 10.0. The van der Waals surface area contributed by atoms with Crippen molar-refractivity contribution in [3.8, 4) is 0 Å². The van der Waals surface area contributed by atoms with Crippen molar-refractivity contribution in [2.45, 2.75) is 19.4 Å². The highest BCUT2D eigenvalue weighted by Gasteiger charge is 2.23. The van der Waals surface area contributed by atoms with Crippen molar-refractivity contribution in [3.63, 3.8) is 0 Å². The Labute approximate surface area is 140 Å². The van der Waals surface area contributed by atoms with Crippen LogP contribution in [0, 0.1) is 0 Å². The molecule has 0 atom stereocenters. The number of aromatic nitrogens is 1. The molecule has 0 fully saturated rings. The minimum Gasteiger partial charge on any atom is -0.350 e. The van der Waals surface area contributed by atoms with Gasteiger partial charge in [0.25, 0.3) is 0 Å². The van der Waals surface area contributed by atoms with Crippen LogP contribution >= 0.6 is 0 Å². The standard InChI is InChI=1S/C18H18N4O2/c23-17(20-12-14-5-4-10-19-11-14)13-22-18(24)9-8-16(21-22)15-6-2-1-3-7-15/h1-7,10-11H,8-9,12-13H2,(H,20,23). The molecule has 0 radical (unpaired) electrons. The average Bonchev–Trinajstić information content (AvgIpc) is 2.63. The second kappa shape index (κ2) is 7.50. The minimum atomic E-state index is -0.245. The summed E-state index contributed by atoms with van der Waals surface area (Å²) >= 11 is 0. The molecule has 6 heteroatoms. The van der Waals surface area contributed by atoms with Crippen molar-refractivity contribution in [2.24, 2.45) is 5.10 Å². The van der Waals surface area contributed by atoms with E-state index < -0.39 is 0 Å². The molecule has 1 aromatic heterocycles. The molecule has 0 bridgehead atoms. The number of amides is 2. The van der Waals surface area contributed by atoms with E-state index in [2.05, 4.69) is 15.4 Å². The highest BCUT2D eigenvalue weighted by Crippen LogP contribution is 2.14. The normalized spacial score (nSPS) is 14.2. The summed E-state index contributed by atoms with van der Waals surface area (Å²) in [6, 6.07) is 13.4. The molecule has 1 aliphatic heterocycles. The first-order valence-corrected chi connectivity index (χ1v) is 7.81. The molecular weight excluding hydrogens is 304 g/mol. The summed E-state index contributed by atoms with van der Waals surface area (Å²) in [6.07, 6.45) is 4.33. The molecule has 0 unspecified atom stereocenters. The summed E-state index contributed by atoms with van der Waals surface area (Å²) in [6.45, 7) is 0.305. The summed E-state index contributed by atoms with van der Waals surface area (Å²) in [5.41, 5.74) is 2.71. The van der Waals surface area contributed by atoms with E-state index in [0.29, 0.717) is 19.4 Å². The maximum Gasteiger partial charge on any atom is 0.243 e. The van der Waals surface area contributed by atoms with E-state index in [9.17, 15) is 9.59 Å². The molecule has 1 aromatic carbocycles. The molecule has 6 nitrogen and oxygen atoms in total. The molecule has 0 aliphatic carbocycles. The zero-order valence-corrected chi connectivity index (χ0v) is 13.2. The molecule has 0 saturated heterocycles. The van der Waals surface area contributed by atoms with Crippen LogP contribution in [0.4, 0.5) is 0 Å². The molecule has 122 valence electrons. The van der Waals surface area contributed by atoms with Gasteiger partial charge in [0.2, 0.25) is 11.8 Å². The van der Waals surface area contributed by atoms with Gasteiger partial charge in [-0.15, -0.1) is 0 Å². The largest absolute Gasteiger partial charge is 0.350 e. The molecule has 2 heterocycles. The zero-order chi connectivity index (χ0) is 16.8. The molecule has 1 aliphatic rings. The van der Waals surface area contributed by atoms with Gasteiger partial charge in [-0.05, 0) is 17.2 Å². The predicted molar refractivity (Wildman–Crippen MR) is 90.0 cm³/mol. The fourth-order valence-corrected chi connectivity index (χ4v) is 2.46. The van der Waals surface area contributed by atoms with Gasteiger partial charge < -0.3 is 5.32 Å². The summed E-state index contributed by atoms with van der Waals surface area (Å²) < 4.78 is 0. The van der Waals surface area contributed by atoms with Crippen LogP contribution in [0.5, 0.6) is 0 Å². The van der Waals surface area contributed by atoms with Crippen LogP contribution < -0.4 is 5.32 Å². The summed E-state index contributed by atoms with van der Waals surface area (Å²) in [5.74, 6) is -0.378. The second-order valence-electron chi connectivity index (χ2n) is 5.50. The van der Waals surface area contributed by atoms with Gasteiger partial charge in [-0.1, -0.05) is 36.4 Å². The van der Waals surface area contributed by atoms with E-state index in [1.807, 2.05) is 42.5 Å². The Hall–Kier alpha value is -3.02. The number of carbonyl (C=O) groups excluding carboxylic acids is 2. The maximum absolute atomic E-state index is 12.1. The van der Waals surface area contributed by atoms with Crippen molar-refractivity contribution >= 4 is 17.5 Å². The lowest BCUT2D eigenvalue weighted by Gasteiger charge is -2.23. The molecular formula is C18H18N4O2. The van der Waals surface area contributed by atoms with Gasteiger partial charge in [-0.25, -0.2) is 5.01 Å². The number of hydrogen-bond acceptors (Lipinski definition) is 4. The van der Waals surface area contributed by atoms with Crippen LogP contribution in [0.3, 0.4) is 0 Å². The van der Waals surface area contributed by atoms with E-state index in [1.165, 1.54) is 5.01 Å². The smallest absolute Gasteiger partial charge is 0.243 e. The first-order chi connectivity index (χ1) is 11.7. The van der Waals surface area contributed by atoms with Crippen LogP contribution in [-0.4, -0.2) is 34.1 Å². The van der Waals surface area contributed by atoms with Crippen LogP contribution in [0.25, 0.3) is 0 Å². The number of carbonyl (C=O) groups is 2. The Bertz CT molecular complexity index is 744. The zero-order valence-electron chi connectivity index (χ0n) is 13.2. The molecule has 2 aromatic rings. The Morgan fingerprint density at radius 3 is 2.71 bits per heavy atom. The first kappa shape index (κ1) is 15.9. The molecule has 24 heavy (non-hydrogen) atoms. The number of rotatable bonds is 5. The third kappa shape index (κ3) is 4.04. The van der Waals surface area contributed by atoms with Gasteiger partial charge in [0.15, 0.2) is 0 Å². The summed E-state index contributed by atoms with van der Waals surface area (Å²) in [7, 11) is 0. The number of nitrogens with one attached hydrogen (secondary N) is 1. The fraction of sp³-hybridized carbons (Fsp3) is 0.222. The topological polar surface area (TPSA) is 74.7 Å². The highest BCUT2D eigenvalue weighted by atomic mass is 16.2. The third-order valence-corrected chi connectivity index (χ3v) is 3.72. The van der Waals surface area contributed by atoms with Gasteiger partial charge in [0.1, 0.15) is 6.54 Å². The van der Waals surface area contributed by atoms with Gasteiger partial charge in [0.05, 0.1) is 5.71 Å². The number of hydrazone groups is 1. The third-order valence-electron chi connectivity index (χ3n) is 3.72. The Morgan fingerprint density at radius 2 is 1.96 bits per heavy atom. The Balaban J connectivity index is 1.62. The predicted octanol–water partition coefficient (Wildman–Crippen LogP) is 1.72. The van der Waals surface area contributed by atoms with Crippen molar-refractivity contribution < 1.29 is 9.59 Å². The van der Waals surface area contributed by atoms with Crippen LogP contribution in [0.1, 0.15) is 24.0 Å². The van der Waals surface area contributed by atoms with Crippen molar-refractivity contribution in [2.75, 3.05) is 6.54 Å². The number of hydrogen-bond donors (Lipinski definition) is 1. The van der Waals surface area contributed by atoms with Gasteiger partial charge in [-0.3, -0.25) is 14.6 Å². The van der Waals surface area contributed by atoms with Gasteiger partial charge in [0, 0.05) is 31.8 Å². The van der Waals surface area contributed by atoms with Crippen molar-refractivity contribution in [3.05, 3.63) is 66.0 Å². The van der Waals surface area contributed by atoms with Crippen molar-refractivity contribution in [1.29, 1.82) is 0 Å². The van der Waals surface area contributed by atoms with Crippen LogP contribution in [-0.2, 0) is 16.1 Å². The van der Waals surface area contributed by atoms with E-state index in [-0.39, 0.29) is 18.4 Å². The fourth-order valence-electron chi connectivity index (χ4n) is 2.46. The monoisotopic (exact) mass is 322 g/mol. The lowest BCUT2D eigenvalue weighted by molar-refractivity contribution is -0.136. The number of nitrogens with zero attached hydrogens (tertiary/aromatic N) is 3. The van der Waals surface area contributed by atoms with Crippen LogP contribution in [0.15, 0.2) is 60.0 Å². The molecule has 0 spiro atoms. The average molecular weight is 322 g/mol. The Kier molecular flexibility index (Phi) is 4.96. The Morgan fingerprint density at radius 1 is 1.12 bits per heavy atom. The van der Waals surface area contributed by atoms with E-state index in [4.69, 9.17) is 0 Å². The van der Waals surface area contributed by atoms with Gasteiger partial charge in [-0.2, -0.15) is 5.10 Å². The quantitative estimate of drug-likeness (QED) is 0.911.